The smallest absolute Gasteiger partial charge is 0.0234 e. The Labute approximate surface area is 91.5 Å². The average molecular weight is 204 g/mol. The molecule has 2 nitrogen and oxygen atoms in total. The van der Waals surface area contributed by atoms with Crippen LogP contribution in [0.15, 0.2) is 6.07 Å². The molecular weight excluding hydrogens is 184 g/mol. The predicted molar refractivity (Wildman–Crippen MR) is 62.2 cm³/mol. The van der Waals surface area contributed by atoms with E-state index in [0.717, 1.165) is 0 Å². The fourth-order valence-corrected chi connectivity index (χ4v) is 2.80. The summed E-state index contributed by atoms with van der Waals surface area (Å²) in [6, 6.07) is 2.41. The summed E-state index contributed by atoms with van der Waals surface area (Å²) in [6.45, 7) is 0. The third-order valence-corrected chi connectivity index (χ3v) is 4.08. The number of hydrogen-bond acceptors (Lipinski definition) is 1. The summed E-state index contributed by atoms with van der Waals surface area (Å²) in [5, 5.41) is 3.46. The topological polar surface area (TPSA) is 27.8 Å². The first-order chi connectivity index (χ1) is 7.31. The van der Waals surface area contributed by atoms with Crippen molar-refractivity contribution >= 4 is 0 Å². The number of likely N-dealkylation sites (N-methyl/N-ethyl adjacent to an activating group) is 1. The monoisotopic (exact) mass is 204 g/mol. The number of hydrogen-bond donors (Lipinski definition) is 2. The Morgan fingerprint density at radius 3 is 2.80 bits per heavy atom. The van der Waals surface area contributed by atoms with Gasteiger partial charge in [0, 0.05) is 23.3 Å². The number of aromatic amines is 1. The van der Waals surface area contributed by atoms with Crippen molar-refractivity contribution in [1.82, 2.24) is 10.3 Å². The van der Waals surface area contributed by atoms with Crippen LogP contribution in [0.1, 0.15) is 42.6 Å². The van der Waals surface area contributed by atoms with Crippen LogP contribution in [-0.4, -0.2) is 17.6 Å². The lowest BCUT2D eigenvalue weighted by atomic mass is 9.98. The van der Waals surface area contributed by atoms with Crippen molar-refractivity contribution in [3.05, 3.63) is 23.0 Å². The summed E-state index contributed by atoms with van der Waals surface area (Å²) in [7, 11) is 2.09. The van der Waals surface area contributed by atoms with E-state index in [1.807, 2.05) is 0 Å². The van der Waals surface area contributed by atoms with E-state index in [9.17, 15) is 0 Å². The standard InChI is InChI=1S/C13H20N2/c1-14-13(6-7-13)9-11-8-10-4-2-3-5-12(10)15-11/h8,14-15H,2-7,9H2,1H3. The van der Waals surface area contributed by atoms with E-state index < -0.39 is 0 Å². The molecule has 2 heteroatoms. The third kappa shape index (κ3) is 1.71. The lowest BCUT2D eigenvalue weighted by Crippen LogP contribution is -2.29. The number of aryl methyl sites for hydroxylation is 2. The first-order valence-electron chi connectivity index (χ1n) is 6.20. The van der Waals surface area contributed by atoms with Crippen LogP contribution in [-0.2, 0) is 19.3 Å². The SMILES string of the molecule is CNC1(Cc2cc3c([nH]2)CCCC3)CC1. The van der Waals surface area contributed by atoms with Gasteiger partial charge in [-0.1, -0.05) is 0 Å². The normalized spacial score (nSPS) is 22.5. The first kappa shape index (κ1) is 9.46. The zero-order valence-corrected chi connectivity index (χ0v) is 9.53. The molecule has 0 atom stereocenters. The van der Waals surface area contributed by atoms with Crippen LogP contribution in [0.2, 0.25) is 0 Å². The largest absolute Gasteiger partial charge is 0.362 e. The minimum atomic E-state index is 0.438. The number of H-pyrrole nitrogens is 1. The van der Waals surface area contributed by atoms with Crippen LogP contribution < -0.4 is 5.32 Å². The zero-order valence-electron chi connectivity index (χ0n) is 9.53. The van der Waals surface area contributed by atoms with Crippen molar-refractivity contribution in [3.63, 3.8) is 0 Å². The average Bonchev–Trinajstić information content (AvgIpc) is 2.91. The molecule has 0 amide bonds. The van der Waals surface area contributed by atoms with Crippen LogP contribution in [0.3, 0.4) is 0 Å². The Balaban J connectivity index is 1.78. The molecule has 2 aliphatic carbocycles. The summed E-state index contributed by atoms with van der Waals surface area (Å²) < 4.78 is 0. The highest BCUT2D eigenvalue weighted by atomic mass is 15.0. The van der Waals surface area contributed by atoms with Crippen molar-refractivity contribution in [2.24, 2.45) is 0 Å². The van der Waals surface area contributed by atoms with Gasteiger partial charge in [0.15, 0.2) is 0 Å². The fourth-order valence-electron chi connectivity index (χ4n) is 2.80. The van der Waals surface area contributed by atoms with Crippen molar-refractivity contribution < 1.29 is 0 Å². The van der Waals surface area contributed by atoms with Gasteiger partial charge in [0.05, 0.1) is 0 Å². The minimum Gasteiger partial charge on any atom is -0.362 e. The van der Waals surface area contributed by atoms with Crippen molar-refractivity contribution in [2.75, 3.05) is 7.05 Å². The van der Waals surface area contributed by atoms with Crippen LogP contribution >= 0.6 is 0 Å². The maximum Gasteiger partial charge on any atom is 0.0234 e. The summed E-state index contributed by atoms with van der Waals surface area (Å²) in [6.07, 6.45) is 9.17. The number of nitrogens with one attached hydrogen (secondary N) is 2. The summed E-state index contributed by atoms with van der Waals surface area (Å²) in [4.78, 5) is 3.62. The molecule has 0 bridgehead atoms. The van der Waals surface area contributed by atoms with E-state index in [1.54, 1.807) is 5.56 Å². The van der Waals surface area contributed by atoms with E-state index in [0.29, 0.717) is 5.54 Å². The van der Waals surface area contributed by atoms with Gasteiger partial charge in [0.1, 0.15) is 0 Å². The predicted octanol–water partition coefficient (Wildman–Crippen LogP) is 2.19. The molecule has 2 N–H and O–H groups in total. The second kappa shape index (κ2) is 3.38. The molecule has 0 aliphatic heterocycles. The van der Waals surface area contributed by atoms with E-state index in [1.165, 1.54) is 56.3 Å². The number of rotatable bonds is 3. The summed E-state index contributed by atoms with van der Waals surface area (Å²) in [5.41, 5.74) is 4.99. The molecular formula is C13H20N2. The maximum atomic E-state index is 3.62. The van der Waals surface area contributed by atoms with Gasteiger partial charge in [-0.3, -0.25) is 0 Å². The van der Waals surface area contributed by atoms with Gasteiger partial charge in [-0.15, -0.1) is 0 Å². The van der Waals surface area contributed by atoms with Crippen molar-refractivity contribution in [2.45, 2.75) is 50.5 Å². The van der Waals surface area contributed by atoms with Crippen molar-refractivity contribution in [3.8, 4) is 0 Å². The zero-order chi connectivity index (χ0) is 10.3. The molecule has 2 aliphatic rings. The van der Waals surface area contributed by atoms with Crippen LogP contribution in [0.25, 0.3) is 0 Å². The van der Waals surface area contributed by atoms with Gasteiger partial charge < -0.3 is 10.3 Å². The lowest BCUT2D eigenvalue weighted by molar-refractivity contribution is 0.542. The molecule has 1 heterocycles. The van der Waals surface area contributed by atoms with Crippen LogP contribution in [0.5, 0.6) is 0 Å². The number of aromatic nitrogens is 1. The molecule has 3 rings (SSSR count). The molecule has 0 spiro atoms. The van der Waals surface area contributed by atoms with E-state index in [4.69, 9.17) is 0 Å². The Hall–Kier alpha value is -0.760. The van der Waals surface area contributed by atoms with E-state index in [-0.39, 0.29) is 0 Å². The first-order valence-corrected chi connectivity index (χ1v) is 6.20. The van der Waals surface area contributed by atoms with Gasteiger partial charge in [-0.05, 0) is 57.2 Å². The Kier molecular flexibility index (Phi) is 2.13. The molecule has 1 aromatic heterocycles. The second-order valence-corrected chi connectivity index (χ2v) is 5.21. The van der Waals surface area contributed by atoms with Gasteiger partial charge >= 0.3 is 0 Å². The molecule has 1 fully saturated rings. The van der Waals surface area contributed by atoms with Gasteiger partial charge in [-0.2, -0.15) is 0 Å². The lowest BCUT2D eigenvalue weighted by Gasteiger charge is -2.12. The molecule has 0 radical (unpaired) electrons. The molecule has 0 unspecified atom stereocenters. The third-order valence-electron chi connectivity index (χ3n) is 4.08. The van der Waals surface area contributed by atoms with Crippen molar-refractivity contribution in [1.29, 1.82) is 0 Å². The van der Waals surface area contributed by atoms with Gasteiger partial charge in [-0.25, -0.2) is 0 Å². The highest BCUT2D eigenvalue weighted by Crippen LogP contribution is 2.38. The minimum absolute atomic E-state index is 0.438. The molecule has 1 aromatic rings. The molecule has 1 saturated carbocycles. The van der Waals surface area contributed by atoms with Crippen LogP contribution in [0.4, 0.5) is 0 Å². The highest BCUT2D eigenvalue weighted by molar-refractivity contribution is 5.30. The Morgan fingerprint density at radius 2 is 2.13 bits per heavy atom. The number of fused-ring (bicyclic) bond motifs is 1. The quantitative estimate of drug-likeness (QED) is 0.776. The van der Waals surface area contributed by atoms with E-state index in [2.05, 4.69) is 23.4 Å². The summed E-state index contributed by atoms with van der Waals surface area (Å²) in [5.74, 6) is 0. The summed E-state index contributed by atoms with van der Waals surface area (Å²) >= 11 is 0. The molecule has 0 saturated heterocycles. The molecule has 15 heavy (non-hydrogen) atoms. The molecule has 82 valence electrons. The highest BCUT2D eigenvalue weighted by Gasteiger charge is 2.41. The van der Waals surface area contributed by atoms with Gasteiger partial charge in [0.25, 0.3) is 0 Å². The van der Waals surface area contributed by atoms with Gasteiger partial charge in [0.2, 0.25) is 0 Å². The Morgan fingerprint density at radius 1 is 1.33 bits per heavy atom. The Bertz CT molecular complexity index is 337. The fraction of sp³-hybridized carbons (Fsp3) is 0.692. The maximum absolute atomic E-state index is 3.62. The second-order valence-electron chi connectivity index (χ2n) is 5.21. The molecule has 0 aromatic carbocycles. The van der Waals surface area contributed by atoms with Crippen LogP contribution in [0, 0.1) is 0 Å². The van der Waals surface area contributed by atoms with E-state index >= 15 is 0 Å².